The number of nitro benzene ring substituents is 1. The highest BCUT2D eigenvalue weighted by atomic mass is 32.2. The van der Waals surface area contributed by atoms with Gasteiger partial charge in [-0.2, -0.15) is 0 Å². The Kier molecular flexibility index (Phi) is 5.05. The van der Waals surface area contributed by atoms with Gasteiger partial charge in [0, 0.05) is 11.6 Å². The van der Waals surface area contributed by atoms with Gasteiger partial charge in [-0.1, -0.05) is 18.1 Å². The van der Waals surface area contributed by atoms with Crippen LogP contribution < -0.4 is 4.72 Å². The summed E-state index contributed by atoms with van der Waals surface area (Å²) in [5, 5.41) is 11.0. The van der Waals surface area contributed by atoms with Crippen LogP contribution in [0.2, 0.25) is 0 Å². The van der Waals surface area contributed by atoms with Crippen LogP contribution in [-0.4, -0.2) is 26.4 Å². The number of para-hydroxylation sites is 1. The molecule has 0 radical (unpaired) electrons. The Labute approximate surface area is 143 Å². The number of terminal acetylenes is 1. The van der Waals surface area contributed by atoms with E-state index in [1.54, 1.807) is 0 Å². The highest BCUT2D eigenvalue weighted by Gasteiger charge is 2.25. The fourth-order valence-corrected chi connectivity index (χ4v) is 3.26. The van der Waals surface area contributed by atoms with E-state index in [0.717, 1.165) is 12.1 Å². The molecule has 1 N–H and O–H groups in total. The number of carbonyl (C=O) groups is 1. The van der Waals surface area contributed by atoms with E-state index in [1.165, 1.54) is 37.4 Å². The van der Waals surface area contributed by atoms with Crippen molar-refractivity contribution in [2.45, 2.75) is 4.90 Å². The number of methoxy groups -OCH3 is 1. The lowest BCUT2D eigenvalue weighted by atomic mass is 10.1. The second-order valence-corrected chi connectivity index (χ2v) is 6.42. The maximum Gasteiger partial charge on any atom is 0.337 e. The van der Waals surface area contributed by atoms with Crippen molar-refractivity contribution in [2.75, 3.05) is 11.8 Å². The van der Waals surface area contributed by atoms with Gasteiger partial charge >= 0.3 is 5.97 Å². The Hall–Kier alpha value is -3.38. The van der Waals surface area contributed by atoms with Crippen LogP contribution in [0, 0.1) is 22.5 Å². The van der Waals surface area contributed by atoms with E-state index in [9.17, 15) is 23.3 Å². The van der Waals surface area contributed by atoms with Gasteiger partial charge < -0.3 is 4.74 Å². The third kappa shape index (κ3) is 3.94. The van der Waals surface area contributed by atoms with E-state index < -0.39 is 31.5 Å². The van der Waals surface area contributed by atoms with Gasteiger partial charge in [0.15, 0.2) is 4.90 Å². The lowest BCUT2D eigenvalue weighted by Gasteiger charge is -2.10. The zero-order valence-corrected chi connectivity index (χ0v) is 13.7. The van der Waals surface area contributed by atoms with Crippen molar-refractivity contribution in [1.29, 1.82) is 0 Å². The molecule has 0 aromatic heterocycles. The first-order valence-corrected chi connectivity index (χ1v) is 8.23. The quantitative estimate of drug-likeness (QED) is 0.378. The minimum atomic E-state index is -4.28. The number of rotatable bonds is 5. The van der Waals surface area contributed by atoms with Gasteiger partial charge in [-0.15, -0.1) is 6.42 Å². The Bertz CT molecular complexity index is 992. The van der Waals surface area contributed by atoms with Crippen LogP contribution >= 0.6 is 0 Å². The van der Waals surface area contributed by atoms with E-state index in [0.29, 0.717) is 0 Å². The van der Waals surface area contributed by atoms with Gasteiger partial charge in [-0.3, -0.25) is 14.8 Å². The predicted molar refractivity (Wildman–Crippen MR) is 89.6 cm³/mol. The normalized spacial score (nSPS) is 10.6. The van der Waals surface area contributed by atoms with Crippen molar-refractivity contribution in [3.63, 3.8) is 0 Å². The largest absolute Gasteiger partial charge is 0.465 e. The molecule has 2 aromatic carbocycles. The molecule has 2 rings (SSSR count). The number of ether oxygens (including phenoxy) is 1. The summed E-state index contributed by atoms with van der Waals surface area (Å²) in [4.78, 5) is 21.4. The molecular weight excluding hydrogens is 348 g/mol. The average molecular weight is 360 g/mol. The van der Waals surface area contributed by atoms with Crippen molar-refractivity contribution in [3.8, 4) is 12.3 Å². The highest BCUT2D eigenvalue weighted by molar-refractivity contribution is 7.92. The van der Waals surface area contributed by atoms with Crippen LogP contribution in [0.15, 0.2) is 47.4 Å². The Morgan fingerprint density at radius 1 is 1.28 bits per heavy atom. The lowest BCUT2D eigenvalue weighted by Crippen LogP contribution is -2.15. The molecule has 0 bridgehead atoms. The summed E-state index contributed by atoms with van der Waals surface area (Å²) >= 11 is 0. The van der Waals surface area contributed by atoms with Crippen LogP contribution in [0.1, 0.15) is 15.9 Å². The Morgan fingerprint density at radius 3 is 2.56 bits per heavy atom. The number of sulfonamides is 1. The third-order valence-corrected chi connectivity index (χ3v) is 4.55. The lowest BCUT2D eigenvalue weighted by molar-refractivity contribution is -0.387. The molecule has 2 aromatic rings. The zero-order chi connectivity index (χ0) is 18.6. The van der Waals surface area contributed by atoms with Gasteiger partial charge in [-0.05, 0) is 24.3 Å². The summed E-state index contributed by atoms with van der Waals surface area (Å²) in [5.74, 6) is 1.59. The van der Waals surface area contributed by atoms with Gasteiger partial charge in [0.25, 0.3) is 15.7 Å². The maximum atomic E-state index is 12.5. The zero-order valence-electron chi connectivity index (χ0n) is 12.9. The number of esters is 1. The molecule has 0 atom stereocenters. The van der Waals surface area contributed by atoms with Crippen LogP contribution in [0.4, 0.5) is 11.4 Å². The average Bonchev–Trinajstić information content (AvgIpc) is 2.60. The second kappa shape index (κ2) is 7.02. The summed E-state index contributed by atoms with van der Waals surface area (Å²) < 4.78 is 31.8. The number of benzene rings is 2. The molecule has 128 valence electrons. The minimum absolute atomic E-state index is 0.0194. The number of nitrogens with zero attached hydrogens (tertiary/aromatic N) is 1. The molecule has 9 heteroatoms. The molecule has 0 unspecified atom stereocenters. The Balaban J connectivity index is 2.50. The van der Waals surface area contributed by atoms with Crippen LogP contribution in [0.3, 0.4) is 0 Å². The van der Waals surface area contributed by atoms with E-state index >= 15 is 0 Å². The fraction of sp³-hybridized carbons (Fsp3) is 0.0625. The monoisotopic (exact) mass is 360 g/mol. The molecule has 0 saturated heterocycles. The highest BCUT2D eigenvalue weighted by Crippen LogP contribution is 2.26. The first-order valence-electron chi connectivity index (χ1n) is 6.74. The smallest absolute Gasteiger partial charge is 0.337 e. The molecule has 0 spiro atoms. The van der Waals surface area contributed by atoms with E-state index in [1.807, 2.05) is 0 Å². The molecule has 0 amide bonds. The summed E-state index contributed by atoms with van der Waals surface area (Å²) in [7, 11) is -3.11. The summed E-state index contributed by atoms with van der Waals surface area (Å²) in [6.45, 7) is 0. The van der Waals surface area contributed by atoms with Crippen molar-refractivity contribution < 1.29 is 22.9 Å². The van der Waals surface area contributed by atoms with Crippen LogP contribution in [0.25, 0.3) is 0 Å². The van der Waals surface area contributed by atoms with Crippen molar-refractivity contribution >= 4 is 27.4 Å². The van der Waals surface area contributed by atoms with Gasteiger partial charge in [-0.25, -0.2) is 13.2 Å². The van der Waals surface area contributed by atoms with Crippen molar-refractivity contribution in [2.24, 2.45) is 0 Å². The molecule has 0 saturated carbocycles. The summed E-state index contributed by atoms with van der Waals surface area (Å²) in [6, 6.07) is 8.79. The first kappa shape index (κ1) is 18.0. The molecule has 25 heavy (non-hydrogen) atoms. The first-order chi connectivity index (χ1) is 11.8. The van der Waals surface area contributed by atoms with E-state index in [-0.39, 0.29) is 16.8 Å². The fourth-order valence-electron chi connectivity index (χ4n) is 2.05. The number of nitro groups is 1. The number of carbonyl (C=O) groups excluding carboxylic acids is 1. The second-order valence-electron chi connectivity index (χ2n) is 4.77. The Morgan fingerprint density at radius 2 is 1.96 bits per heavy atom. The molecule has 8 nitrogen and oxygen atoms in total. The number of nitrogens with one attached hydrogen (secondary N) is 1. The van der Waals surface area contributed by atoms with Crippen molar-refractivity contribution in [1.82, 2.24) is 0 Å². The van der Waals surface area contributed by atoms with E-state index in [2.05, 4.69) is 15.4 Å². The van der Waals surface area contributed by atoms with Crippen LogP contribution in [-0.2, 0) is 14.8 Å². The standard InChI is InChI=1S/C16H12N2O6S/c1-3-11-8-12(16(19)24-2)10-13(9-11)17-25(22,23)15-7-5-4-6-14(15)18(20)21/h1,4-10,17H,2H3. The number of hydrogen-bond donors (Lipinski definition) is 1. The molecule has 0 heterocycles. The minimum Gasteiger partial charge on any atom is -0.465 e. The molecular formula is C16H12N2O6S. The topological polar surface area (TPSA) is 116 Å². The SMILES string of the molecule is C#Cc1cc(NS(=O)(=O)c2ccccc2[N+](=O)[O-])cc(C(=O)OC)c1. The summed E-state index contributed by atoms with van der Waals surface area (Å²) in [6.07, 6.45) is 5.30. The van der Waals surface area contributed by atoms with Crippen LogP contribution in [0.5, 0.6) is 0 Å². The molecule has 0 fully saturated rings. The third-order valence-electron chi connectivity index (χ3n) is 3.12. The number of anilines is 1. The van der Waals surface area contributed by atoms with Gasteiger partial charge in [0.2, 0.25) is 0 Å². The molecule has 0 aliphatic heterocycles. The summed E-state index contributed by atoms with van der Waals surface area (Å²) in [5.41, 5.74) is -0.313. The van der Waals surface area contributed by atoms with E-state index in [4.69, 9.17) is 6.42 Å². The van der Waals surface area contributed by atoms with Gasteiger partial charge in [0.1, 0.15) is 0 Å². The maximum absolute atomic E-state index is 12.5. The molecule has 0 aliphatic rings. The van der Waals surface area contributed by atoms with Crippen molar-refractivity contribution in [3.05, 3.63) is 63.7 Å². The molecule has 0 aliphatic carbocycles. The van der Waals surface area contributed by atoms with Gasteiger partial charge in [0.05, 0.1) is 23.3 Å². The number of hydrogen-bond acceptors (Lipinski definition) is 6. The predicted octanol–water partition coefficient (Wildman–Crippen LogP) is 2.16.